The van der Waals surface area contributed by atoms with Crippen LogP contribution in [-0.2, 0) is 14.9 Å². The Bertz CT molecular complexity index is 264. The van der Waals surface area contributed by atoms with Crippen molar-refractivity contribution >= 4 is 15.9 Å². The van der Waals surface area contributed by atoms with Gasteiger partial charge in [0.2, 0.25) is 0 Å². The number of ketones is 1. The minimum Gasteiger partial charge on any atom is -1.00 e. The number of rotatable bonds is 1. The van der Waals surface area contributed by atoms with Crippen LogP contribution < -0.4 is 29.6 Å². The van der Waals surface area contributed by atoms with Crippen LogP contribution >= 0.6 is 0 Å². The smallest absolute Gasteiger partial charge is 1.00 e. The summed E-state index contributed by atoms with van der Waals surface area (Å²) in [7, 11) is -3.98. The number of carbonyl (C=O) groups excluding carboxylic acids is 1. The Kier molecular flexibility index (Phi) is 4.94. The SMILES string of the molecule is O=C1CCCC(S(=O)(=O)O)C1.[H-].[Na+]. The molecule has 66 valence electrons. The van der Waals surface area contributed by atoms with Crippen molar-refractivity contribution in [3.8, 4) is 0 Å². The Labute approximate surface area is 95.2 Å². The molecule has 1 fully saturated rings. The van der Waals surface area contributed by atoms with Gasteiger partial charge in [0.25, 0.3) is 10.1 Å². The van der Waals surface area contributed by atoms with Crippen LogP contribution in [0.4, 0.5) is 0 Å². The van der Waals surface area contributed by atoms with Gasteiger partial charge in [0.05, 0.1) is 5.25 Å². The van der Waals surface area contributed by atoms with Gasteiger partial charge in [-0.15, -0.1) is 0 Å². The van der Waals surface area contributed by atoms with E-state index in [1.807, 2.05) is 0 Å². The zero-order valence-corrected chi connectivity index (χ0v) is 9.80. The molecule has 0 radical (unpaired) electrons. The molecule has 1 aliphatic carbocycles. The molecule has 1 N–H and O–H groups in total. The summed E-state index contributed by atoms with van der Waals surface area (Å²) < 4.78 is 29.7. The number of Topliss-reactive ketones (excluding diaryl/α,β-unsaturated/α-hetero) is 1. The van der Waals surface area contributed by atoms with Crippen molar-refractivity contribution in [2.45, 2.75) is 30.9 Å². The van der Waals surface area contributed by atoms with Crippen LogP contribution in [0.5, 0.6) is 0 Å². The zero-order chi connectivity index (χ0) is 8.48. The second-order valence-corrected chi connectivity index (χ2v) is 4.47. The molecule has 0 bridgehead atoms. The maximum absolute atomic E-state index is 10.7. The monoisotopic (exact) mass is 202 g/mol. The van der Waals surface area contributed by atoms with Gasteiger partial charge < -0.3 is 1.43 Å². The Morgan fingerprint density at radius 3 is 2.42 bits per heavy atom. The molecule has 4 nitrogen and oxygen atoms in total. The van der Waals surface area contributed by atoms with Gasteiger partial charge in [0.15, 0.2) is 0 Å². The summed E-state index contributed by atoms with van der Waals surface area (Å²) >= 11 is 0. The summed E-state index contributed by atoms with van der Waals surface area (Å²) in [4.78, 5) is 10.7. The summed E-state index contributed by atoms with van der Waals surface area (Å²) in [5.41, 5.74) is 0. The first-order valence-corrected chi connectivity index (χ1v) is 4.98. The van der Waals surface area contributed by atoms with Gasteiger partial charge in [-0.3, -0.25) is 9.35 Å². The molecule has 0 heterocycles. The van der Waals surface area contributed by atoms with Crippen LogP contribution in [0.3, 0.4) is 0 Å². The number of hydrogen-bond acceptors (Lipinski definition) is 3. The van der Waals surface area contributed by atoms with Crippen LogP contribution in [0.25, 0.3) is 0 Å². The molecule has 12 heavy (non-hydrogen) atoms. The summed E-state index contributed by atoms with van der Waals surface area (Å²) in [5.74, 6) is -0.0705. The standard InChI is InChI=1S/C6H10O4S.Na.H/c7-5-2-1-3-6(4-5)11(8,9)10;;/h6H,1-4H2,(H,8,9,10);;/q;+1;-1. The Morgan fingerprint density at radius 1 is 1.50 bits per heavy atom. The van der Waals surface area contributed by atoms with Gasteiger partial charge in [-0.25, -0.2) is 0 Å². The quantitative estimate of drug-likeness (QED) is 0.377. The normalized spacial score (nSPS) is 24.8. The summed E-state index contributed by atoms with van der Waals surface area (Å²) in [5, 5.41) is -0.844. The number of carbonyl (C=O) groups is 1. The van der Waals surface area contributed by atoms with Crippen molar-refractivity contribution in [2.75, 3.05) is 0 Å². The Morgan fingerprint density at radius 2 is 2.08 bits per heavy atom. The van der Waals surface area contributed by atoms with Crippen LogP contribution in [-0.4, -0.2) is 24.0 Å². The minimum atomic E-state index is -3.98. The molecule has 0 amide bonds. The van der Waals surface area contributed by atoms with E-state index in [4.69, 9.17) is 4.55 Å². The van der Waals surface area contributed by atoms with Gasteiger partial charge in [0, 0.05) is 12.8 Å². The summed E-state index contributed by atoms with van der Waals surface area (Å²) in [6.07, 6.45) is 1.42. The fourth-order valence-corrected chi connectivity index (χ4v) is 2.10. The Hall–Kier alpha value is 0.580. The molecule has 0 aromatic carbocycles. The molecule has 1 unspecified atom stereocenters. The van der Waals surface area contributed by atoms with E-state index in [0.717, 1.165) is 0 Å². The van der Waals surface area contributed by atoms with Crippen molar-refractivity contribution < 1.29 is 48.7 Å². The summed E-state index contributed by atoms with van der Waals surface area (Å²) in [6.45, 7) is 0. The van der Waals surface area contributed by atoms with E-state index < -0.39 is 15.4 Å². The molecule has 1 aliphatic rings. The predicted octanol–water partition coefficient (Wildman–Crippen LogP) is -2.50. The van der Waals surface area contributed by atoms with Crippen molar-refractivity contribution in [3.63, 3.8) is 0 Å². The topological polar surface area (TPSA) is 71.4 Å². The molecule has 0 aromatic heterocycles. The van der Waals surface area contributed by atoms with Crippen LogP contribution in [0.15, 0.2) is 0 Å². The predicted molar refractivity (Wildman–Crippen MR) is 39.9 cm³/mol. The summed E-state index contributed by atoms with van der Waals surface area (Å²) in [6, 6.07) is 0. The van der Waals surface area contributed by atoms with Gasteiger partial charge in [-0.05, 0) is 12.8 Å². The molecule has 0 spiro atoms. The first kappa shape index (κ1) is 12.6. The zero-order valence-electron chi connectivity index (χ0n) is 7.99. The van der Waals surface area contributed by atoms with E-state index in [2.05, 4.69) is 0 Å². The van der Waals surface area contributed by atoms with E-state index in [-0.39, 0.29) is 43.2 Å². The molecule has 6 heteroatoms. The van der Waals surface area contributed by atoms with E-state index in [9.17, 15) is 13.2 Å². The third-order valence-electron chi connectivity index (χ3n) is 1.86. The molecular formula is C6H11NaO4S. The maximum Gasteiger partial charge on any atom is 1.00 e. The first-order chi connectivity index (χ1) is 5.00. The third-order valence-corrected chi connectivity index (χ3v) is 3.10. The van der Waals surface area contributed by atoms with E-state index >= 15 is 0 Å². The van der Waals surface area contributed by atoms with Crippen molar-refractivity contribution in [1.82, 2.24) is 0 Å². The van der Waals surface area contributed by atoms with Gasteiger partial charge in [0.1, 0.15) is 5.78 Å². The largest absolute Gasteiger partial charge is 1.00 e. The molecule has 0 aliphatic heterocycles. The van der Waals surface area contributed by atoms with Crippen molar-refractivity contribution in [3.05, 3.63) is 0 Å². The van der Waals surface area contributed by atoms with Crippen LogP contribution in [0.2, 0.25) is 0 Å². The van der Waals surface area contributed by atoms with Crippen LogP contribution in [0, 0.1) is 0 Å². The van der Waals surface area contributed by atoms with E-state index in [0.29, 0.717) is 19.3 Å². The molecule has 1 saturated carbocycles. The molecule has 0 aromatic rings. The first-order valence-electron chi connectivity index (χ1n) is 3.48. The fraction of sp³-hybridized carbons (Fsp3) is 0.833. The second kappa shape index (κ2) is 4.72. The molecule has 0 saturated heterocycles. The molecule has 1 atom stereocenters. The second-order valence-electron chi connectivity index (χ2n) is 2.77. The fourth-order valence-electron chi connectivity index (χ4n) is 1.24. The van der Waals surface area contributed by atoms with Gasteiger partial charge >= 0.3 is 29.6 Å². The van der Waals surface area contributed by atoms with E-state index in [1.54, 1.807) is 0 Å². The van der Waals surface area contributed by atoms with Gasteiger partial charge in [-0.1, -0.05) is 0 Å². The van der Waals surface area contributed by atoms with Crippen molar-refractivity contribution in [1.29, 1.82) is 0 Å². The van der Waals surface area contributed by atoms with Crippen LogP contribution in [0.1, 0.15) is 27.1 Å². The maximum atomic E-state index is 10.7. The van der Waals surface area contributed by atoms with Gasteiger partial charge in [-0.2, -0.15) is 8.42 Å². The van der Waals surface area contributed by atoms with Crippen molar-refractivity contribution in [2.24, 2.45) is 0 Å². The Balaban J connectivity index is 0. The molecule has 1 rings (SSSR count). The molecular weight excluding hydrogens is 191 g/mol. The number of hydrogen-bond donors (Lipinski definition) is 1. The average molecular weight is 202 g/mol. The minimum absolute atomic E-state index is 0. The van der Waals surface area contributed by atoms with E-state index in [1.165, 1.54) is 0 Å². The third kappa shape index (κ3) is 3.53. The average Bonchev–Trinajstić information content (AvgIpc) is 1.86.